The molecule has 0 aliphatic heterocycles. The summed E-state index contributed by atoms with van der Waals surface area (Å²) in [6.07, 6.45) is 1.97. The van der Waals surface area contributed by atoms with Gasteiger partial charge in [-0.15, -0.1) is 0 Å². The Morgan fingerprint density at radius 3 is 2.53 bits per heavy atom. The van der Waals surface area contributed by atoms with Crippen LogP contribution in [0, 0.1) is 0 Å². The third kappa shape index (κ3) is 2.54. The number of carboxylic acid groups (broad SMARTS) is 1. The van der Waals surface area contributed by atoms with Gasteiger partial charge in [-0.1, -0.05) is 12.1 Å². The van der Waals surface area contributed by atoms with Gasteiger partial charge in [0, 0.05) is 25.0 Å². The average molecular weight is 230 g/mol. The van der Waals surface area contributed by atoms with Gasteiger partial charge in [0.1, 0.15) is 0 Å². The molecule has 1 aromatic heterocycles. The monoisotopic (exact) mass is 230 g/mol. The molecule has 0 unspecified atom stereocenters. The second-order valence-corrected chi connectivity index (χ2v) is 3.83. The van der Waals surface area contributed by atoms with Crippen molar-refractivity contribution in [2.75, 3.05) is 0 Å². The van der Waals surface area contributed by atoms with Crippen molar-refractivity contribution in [2.45, 2.75) is 13.1 Å². The van der Waals surface area contributed by atoms with Gasteiger partial charge < -0.3 is 15.4 Å². The molecule has 1 heterocycles. The second kappa shape index (κ2) is 4.84. The van der Waals surface area contributed by atoms with E-state index >= 15 is 0 Å². The van der Waals surface area contributed by atoms with E-state index in [1.165, 1.54) is 0 Å². The summed E-state index contributed by atoms with van der Waals surface area (Å²) >= 11 is 0. The average Bonchev–Trinajstić information content (AvgIpc) is 2.77. The molecule has 4 heteroatoms. The molecule has 3 N–H and O–H groups in total. The number of aromatic nitrogens is 1. The molecule has 2 rings (SSSR count). The zero-order chi connectivity index (χ0) is 12.3. The molecule has 0 amide bonds. The summed E-state index contributed by atoms with van der Waals surface area (Å²) in [7, 11) is 0. The summed E-state index contributed by atoms with van der Waals surface area (Å²) in [6, 6.07) is 10.8. The van der Waals surface area contributed by atoms with Gasteiger partial charge in [0.05, 0.1) is 5.56 Å². The summed E-state index contributed by atoms with van der Waals surface area (Å²) in [5.41, 5.74) is 8.04. The summed E-state index contributed by atoms with van der Waals surface area (Å²) in [4.78, 5) is 10.7. The van der Waals surface area contributed by atoms with E-state index in [0.29, 0.717) is 18.7 Å². The van der Waals surface area contributed by atoms with Crippen LogP contribution in [0.4, 0.5) is 0 Å². The number of rotatable bonds is 4. The third-order valence-electron chi connectivity index (χ3n) is 2.69. The fraction of sp³-hybridized carbons (Fsp3) is 0.154. The van der Waals surface area contributed by atoms with Gasteiger partial charge in [-0.2, -0.15) is 0 Å². The molecule has 2 aromatic rings. The van der Waals surface area contributed by atoms with Crippen molar-refractivity contribution < 1.29 is 9.90 Å². The van der Waals surface area contributed by atoms with Crippen molar-refractivity contribution in [2.24, 2.45) is 5.73 Å². The minimum Gasteiger partial charge on any atom is -0.478 e. The van der Waals surface area contributed by atoms with Crippen LogP contribution in [0.25, 0.3) is 0 Å². The summed E-state index contributed by atoms with van der Waals surface area (Å²) in [5, 5.41) is 8.79. The van der Waals surface area contributed by atoms with Crippen LogP contribution in [-0.4, -0.2) is 15.6 Å². The topological polar surface area (TPSA) is 68.2 Å². The number of benzene rings is 1. The van der Waals surface area contributed by atoms with Crippen molar-refractivity contribution in [3.63, 3.8) is 0 Å². The van der Waals surface area contributed by atoms with Crippen molar-refractivity contribution >= 4 is 5.97 Å². The van der Waals surface area contributed by atoms with E-state index in [-0.39, 0.29) is 0 Å². The Labute approximate surface area is 99.3 Å². The van der Waals surface area contributed by atoms with E-state index in [1.807, 2.05) is 30.5 Å². The molecule has 4 nitrogen and oxygen atoms in total. The highest BCUT2D eigenvalue weighted by Gasteiger charge is 2.03. The van der Waals surface area contributed by atoms with Crippen LogP contribution in [0.5, 0.6) is 0 Å². The molecule has 0 saturated carbocycles. The van der Waals surface area contributed by atoms with Gasteiger partial charge >= 0.3 is 5.97 Å². The highest BCUT2D eigenvalue weighted by Crippen LogP contribution is 2.09. The van der Waals surface area contributed by atoms with Crippen LogP contribution in [0.2, 0.25) is 0 Å². The molecule has 0 fully saturated rings. The Hall–Kier alpha value is -2.07. The lowest BCUT2D eigenvalue weighted by atomic mass is 10.1. The lowest BCUT2D eigenvalue weighted by Crippen LogP contribution is -2.07. The molecule has 0 spiro atoms. The summed E-state index contributed by atoms with van der Waals surface area (Å²) in [5.74, 6) is -0.903. The van der Waals surface area contributed by atoms with Gasteiger partial charge in [0.2, 0.25) is 0 Å². The van der Waals surface area contributed by atoms with Gasteiger partial charge in [-0.3, -0.25) is 0 Å². The van der Waals surface area contributed by atoms with E-state index in [2.05, 4.69) is 4.57 Å². The van der Waals surface area contributed by atoms with Crippen LogP contribution in [0.3, 0.4) is 0 Å². The van der Waals surface area contributed by atoms with E-state index in [4.69, 9.17) is 10.8 Å². The highest BCUT2D eigenvalue weighted by molar-refractivity contribution is 5.87. The van der Waals surface area contributed by atoms with Gasteiger partial charge in [-0.05, 0) is 29.8 Å². The molecule has 0 saturated heterocycles. The molecule has 0 bridgehead atoms. The van der Waals surface area contributed by atoms with Gasteiger partial charge in [0.15, 0.2) is 0 Å². The lowest BCUT2D eigenvalue weighted by Gasteiger charge is -2.08. The minimum atomic E-state index is -0.903. The maximum absolute atomic E-state index is 10.7. The van der Waals surface area contributed by atoms with Crippen LogP contribution >= 0.6 is 0 Å². The molecule has 17 heavy (non-hydrogen) atoms. The first kappa shape index (κ1) is 11.4. The van der Waals surface area contributed by atoms with Crippen molar-refractivity contribution in [3.05, 3.63) is 59.4 Å². The van der Waals surface area contributed by atoms with Crippen LogP contribution in [0.1, 0.15) is 21.6 Å². The standard InChI is InChI=1S/C13H14N2O2/c14-8-12-2-1-7-15(12)9-10-3-5-11(6-4-10)13(16)17/h1-7H,8-9,14H2,(H,16,17). The quantitative estimate of drug-likeness (QED) is 0.839. The molecular weight excluding hydrogens is 216 g/mol. The Balaban J connectivity index is 2.16. The maximum atomic E-state index is 10.7. The van der Waals surface area contributed by atoms with Crippen LogP contribution < -0.4 is 5.73 Å². The largest absolute Gasteiger partial charge is 0.478 e. The van der Waals surface area contributed by atoms with Crippen molar-refractivity contribution in [1.82, 2.24) is 4.57 Å². The summed E-state index contributed by atoms with van der Waals surface area (Å²) in [6.45, 7) is 1.21. The molecule has 0 aliphatic carbocycles. The molecule has 0 radical (unpaired) electrons. The maximum Gasteiger partial charge on any atom is 0.335 e. The van der Waals surface area contributed by atoms with Gasteiger partial charge in [-0.25, -0.2) is 4.79 Å². The smallest absolute Gasteiger partial charge is 0.335 e. The fourth-order valence-corrected chi connectivity index (χ4v) is 1.74. The predicted molar refractivity (Wildman–Crippen MR) is 64.8 cm³/mol. The Morgan fingerprint density at radius 2 is 1.94 bits per heavy atom. The molecular formula is C13H14N2O2. The molecule has 88 valence electrons. The van der Waals surface area contributed by atoms with Crippen molar-refractivity contribution in [3.8, 4) is 0 Å². The van der Waals surface area contributed by atoms with Crippen LogP contribution in [-0.2, 0) is 13.1 Å². The van der Waals surface area contributed by atoms with E-state index in [9.17, 15) is 4.79 Å². The number of carboxylic acids is 1. The normalized spacial score (nSPS) is 10.4. The van der Waals surface area contributed by atoms with Gasteiger partial charge in [0.25, 0.3) is 0 Å². The number of nitrogens with two attached hydrogens (primary N) is 1. The zero-order valence-corrected chi connectivity index (χ0v) is 9.34. The van der Waals surface area contributed by atoms with Crippen molar-refractivity contribution in [1.29, 1.82) is 0 Å². The fourth-order valence-electron chi connectivity index (χ4n) is 1.74. The SMILES string of the molecule is NCc1cccn1Cc1ccc(C(=O)O)cc1. The first-order chi connectivity index (χ1) is 8.20. The number of hydrogen-bond acceptors (Lipinski definition) is 2. The lowest BCUT2D eigenvalue weighted by molar-refractivity contribution is 0.0697. The first-order valence-corrected chi connectivity index (χ1v) is 5.37. The predicted octanol–water partition coefficient (Wildman–Crippen LogP) is 1.69. The molecule has 0 atom stereocenters. The summed E-state index contributed by atoms with van der Waals surface area (Å²) < 4.78 is 2.05. The van der Waals surface area contributed by atoms with E-state index < -0.39 is 5.97 Å². The van der Waals surface area contributed by atoms with Crippen LogP contribution in [0.15, 0.2) is 42.6 Å². The highest BCUT2D eigenvalue weighted by atomic mass is 16.4. The Morgan fingerprint density at radius 1 is 1.24 bits per heavy atom. The number of aromatic carboxylic acids is 1. The molecule has 1 aromatic carbocycles. The molecule has 0 aliphatic rings. The first-order valence-electron chi connectivity index (χ1n) is 5.37. The Bertz CT molecular complexity index is 514. The number of nitrogens with zero attached hydrogens (tertiary/aromatic N) is 1. The second-order valence-electron chi connectivity index (χ2n) is 3.83. The van der Waals surface area contributed by atoms with E-state index in [0.717, 1.165) is 11.3 Å². The third-order valence-corrected chi connectivity index (χ3v) is 2.69. The zero-order valence-electron chi connectivity index (χ0n) is 9.34. The number of hydrogen-bond donors (Lipinski definition) is 2. The van der Waals surface area contributed by atoms with E-state index in [1.54, 1.807) is 12.1 Å². The minimum absolute atomic E-state index is 0.306. The Kier molecular flexibility index (Phi) is 3.25. The number of carbonyl (C=O) groups is 1.